The van der Waals surface area contributed by atoms with Crippen LogP contribution >= 0.6 is 0 Å². The average molecular weight is 1900 g/mol. The van der Waals surface area contributed by atoms with Crippen molar-refractivity contribution in [1.29, 1.82) is 0 Å². The number of anilines is 3. The van der Waals surface area contributed by atoms with Gasteiger partial charge in [0.15, 0.2) is 0 Å². The third-order valence-corrected chi connectivity index (χ3v) is 28.1. The third-order valence-electron chi connectivity index (χ3n) is 28.1. The van der Waals surface area contributed by atoms with E-state index in [-0.39, 0.29) is 10.8 Å². The molecule has 14 aromatic carbocycles. The van der Waals surface area contributed by atoms with Crippen molar-refractivity contribution in [2.24, 2.45) is 0 Å². The lowest BCUT2D eigenvalue weighted by atomic mass is 9.85. The molecule has 704 valence electrons. The zero-order chi connectivity index (χ0) is 99.1. The maximum atomic E-state index is 4.47. The maximum Gasteiger partial charge on any atom is 0.0550 e. The van der Waals surface area contributed by atoms with E-state index in [0.29, 0.717) is 0 Å². The smallest absolute Gasteiger partial charge is 0.0550 e. The van der Waals surface area contributed by atoms with E-state index in [1.54, 1.807) is 12.4 Å². The van der Waals surface area contributed by atoms with Gasteiger partial charge in [-0.2, -0.15) is 0 Å². The Hall–Kier alpha value is -19.0. The molecule has 147 heavy (non-hydrogen) atoms. The molecule has 0 aliphatic carbocycles. The van der Waals surface area contributed by atoms with Gasteiger partial charge in [0.1, 0.15) is 0 Å². The third kappa shape index (κ3) is 17.6. The molecule has 12 aromatic heterocycles. The number of fused-ring (bicyclic) bond motifs is 9. The Morgan fingerprint density at radius 1 is 0.163 bits per heavy atom. The molecule has 0 bridgehead atoms. The number of pyridine rings is 6. The summed E-state index contributed by atoms with van der Waals surface area (Å²) >= 11 is 0. The SMILES string of the molecule is CC(C)(C)c1ccc2c(c1)c1cc(C(C)(C)C)ccc1n2-c1ccc(-c2cccc(-n3c(-c4cccnc4)ccc3-c3cccnc3)c2)cc1.c1ccc(N(c2ccccc2)c2ccc(-c3ccc(-n4c(-c5cccnc5)ccc4-c4cccnc4)cc3)cc2)cc1.c1cncc(-c2ccc(-c3cccnc3)n2-c2cccc(-c3cc(-n4c5ccccc5c5ccccc54)cc(-n4c5ccccc5c5ccccc54)c3)c2)c1. The fraction of sp³-hybridized carbons (Fsp3) is 0.0597. The fourth-order valence-electron chi connectivity index (χ4n) is 20.9. The zero-order valence-corrected chi connectivity index (χ0v) is 82.4. The van der Waals surface area contributed by atoms with Crippen LogP contribution in [0.5, 0.6) is 0 Å². The van der Waals surface area contributed by atoms with Gasteiger partial charge >= 0.3 is 0 Å². The first-order valence-electron chi connectivity index (χ1n) is 49.9. The van der Waals surface area contributed by atoms with Gasteiger partial charge in [0, 0.05) is 191 Å². The van der Waals surface area contributed by atoms with Crippen LogP contribution in [-0.2, 0) is 10.8 Å². The van der Waals surface area contributed by atoms with Crippen LogP contribution in [0.4, 0.5) is 17.1 Å². The Bertz CT molecular complexity index is 8720. The topological polar surface area (TPSA) is 110 Å². The van der Waals surface area contributed by atoms with E-state index in [4.69, 9.17) is 0 Å². The van der Waals surface area contributed by atoms with Gasteiger partial charge in [0.25, 0.3) is 0 Å². The molecule has 0 saturated carbocycles. The number of benzene rings is 14. The minimum Gasteiger partial charge on any atom is -0.311 e. The molecule has 0 aliphatic rings. The lowest BCUT2D eigenvalue weighted by Crippen LogP contribution is -2.10. The van der Waals surface area contributed by atoms with Crippen LogP contribution in [0, 0.1) is 0 Å². The van der Waals surface area contributed by atoms with Gasteiger partial charge in [-0.1, -0.05) is 224 Å². The van der Waals surface area contributed by atoms with Crippen LogP contribution in [-0.4, -0.2) is 57.3 Å². The minimum absolute atomic E-state index is 0.0680. The van der Waals surface area contributed by atoms with Gasteiger partial charge in [-0.15, -0.1) is 0 Å². The highest BCUT2D eigenvalue weighted by Gasteiger charge is 2.26. The second-order valence-electron chi connectivity index (χ2n) is 39.3. The average Bonchev–Trinajstić information content (AvgIpc) is 1.57. The highest BCUT2D eigenvalue weighted by molar-refractivity contribution is 6.12. The summed E-state index contributed by atoms with van der Waals surface area (Å²) in [6, 6.07) is 159. The molecular weight excluding hydrogens is 1790 g/mol. The molecule has 0 unspecified atom stereocenters. The second-order valence-corrected chi connectivity index (χ2v) is 39.3. The summed E-state index contributed by atoms with van der Waals surface area (Å²) in [7, 11) is 0. The van der Waals surface area contributed by atoms with Gasteiger partial charge in [-0.05, 0) is 316 Å². The standard InChI is InChI=1S/C50H33N5.C46H42N4.C38H28N4/c1-5-20-47-41(16-1)42-17-2-6-21-48(42)54(47)39-29-37(30-40(31-39)55-49-22-7-3-18-43(49)44-19-4-8-23-50(44)55)34-12-9-15-38(28-34)53-45(35-13-10-26-51-32-35)24-25-46(53)36-14-11-27-52-33-36;1-45(2,3)35-16-20-43-39(27-35)40-28-36(46(4,5)6)17-21-44(40)49(43)37-18-14-31(15-19-37)32-10-7-13-38(26-32)50-41(33-11-8-24-47-29-33)22-23-42(50)34-12-9-25-48-30-34;1-3-11-33(12-4-1)41(34-13-5-2-6-14-34)35-19-15-29(16-20-35)30-17-21-36(22-18-30)42-37(31-9-7-25-39-27-31)23-24-38(42)32-10-8-26-40-28-32/h1-33H;7-30H,1-6H3;1-28H. The van der Waals surface area contributed by atoms with Crippen molar-refractivity contribution in [2.45, 2.75) is 52.4 Å². The lowest BCUT2D eigenvalue weighted by Gasteiger charge is -2.25. The van der Waals surface area contributed by atoms with Crippen LogP contribution in [0.25, 0.3) is 200 Å². The summed E-state index contributed by atoms with van der Waals surface area (Å²) < 4.78 is 14.2. The van der Waals surface area contributed by atoms with Gasteiger partial charge < -0.3 is 32.3 Å². The van der Waals surface area contributed by atoms with E-state index in [1.165, 1.54) is 87.7 Å². The number of aromatic nitrogens is 12. The van der Waals surface area contributed by atoms with Crippen molar-refractivity contribution in [1.82, 2.24) is 57.3 Å². The van der Waals surface area contributed by atoms with Crippen LogP contribution in [0.15, 0.2) is 517 Å². The summed E-state index contributed by atoms with van der Waals surface area (Å²) in [4.78, 5) is 28.8. The predicted molar refractivity (Wildman–Crippen MR) is 608 cm³/mol. The van der Waals surface area contributed by atoms with Crippen molar-refractivity contribution >= 4 is 82.5 Å². The first-order chi connectivity index (χ1) is 72.2. The molecule has 0 N–H and O–H groups in total. The zero-order valence-electron chi connectivity index (χ0n) is 82.4. The number of rotatable bonds is 18. The number of para-hydroxylation sites is 6. The van der Waals surface area contributed by atoms with E-state index in [0.717, 1.165) is 141 Å². The normalized spacial score (nSPS) is 11.6. The Labute approximate surface area is 854 Å². The quantitative estimate of drug-likeness (QED) is 0.0841. The predicted octanol–water partition coefficient (Wildman–Crippen LogP) is 34.2. The Morgan fingerprint density at radius 2 is 0.422 bits per heavy atom. The van der Waals surface area contributed by atoms with Gasteiger partial charge in [0.2, 0.25) is 0 Å². The maximum absolute atomic E-state index is 4.47. The Balaban J connectivity index is 0.000000119. The highest BCUT2D eigenvalue weighted by Crippen LogP contribution is 2.46. The first kappa shape index (κ1) is 90.6. The molecule has 13 nitrogen and oxygen atoms in total. The molecule has 0 spiro atoms. The highest BCUT2D eigenvalue weighted by atomic mass is 15.1. The molecule has 0 amide bonds. The largest absolute Gasteiger partial charge is 0.311 e. The molecule has 0 aliphatic heterocycles. The van der Waals surface area contributed by atoms with E-state index < -0.39 is 0 Å². The molecule has 0 saturated heterocycles. The minimum atomic E-state index is 0.0680. The van der Waals surface area contributed by atoms with Gasteiger partial charge in [-0.25, -0.2) is 0 Å². The molecule has 12 heterocycles. The van der Waals surface area contributed by atoms with Crippen LogP contribution in [0.1, 0.15) is 52.7 Å². The molecular formula is C134H103N13. The van der Waals surface area contributed by atoms with Crippen LogP contribution in [0.3, 0.4) is 0 Å². The van der Waals surface area contributed by atoms with Crippen LogP contribution in [0.2, 0.25) is 0 Å². The fourth-order valence-corrected chi connectivity index (χ4v) is 20.9. The number of nitrogens with zero attached hydrogens (tertiary/aromatic N) is 13. The van der Waals surface area contributed by atoms with E-state index in [9.17, 15) is 0 Å². The molecule has 0 fully saturated rings. The van der Waals surface area contributed by atoms with Crippen molar-refractivity contribution in [3.63, 3.8) is 0 Å². The van der Waals surface area contributed by atoms with Crippen molar-refractivity contribution < 1.29 is 0 Å². The van der Waals surface area contributed by atoms with E-state index in [1.807, 2.05) is 110 Å². The second kappa shape index (κ2) is 38.8. The molecule has 0 radical (unpaired) electrons. The summed E-state index contributed by atoms with van der Waals surface area (Å²) in [6.45, 7) is 13.7. The van der Waals surface area contributed by atoms with Crippen molar-refractivity contribution in [2.75, 3.05) is 4.90 Å². The van der Waals surface area contributed by atoms with Gasteiger partial charge in [-0.3, -0.25) is 29.9 Å². The molecule has 0 atom stereocenters. The summed E-state index contributed by atoms with van der Waals surface area (Å²) in [5.74, 6) is 0. The van der Waals surface area contributed by atoms with Crippen molar-refractivity contribution in [3.05, 3.63) is 528 Å². The summed E-state index contributed by atoms with van der Waals surface area (Å²) in [6.07, 6.45) is 22.4. The Morgan fingerprint density at radius 3 is 0.741 bits per heavy atom. The lowest BCUT2D eigenvalue weighted by molar-refractivity contribution is 0.590. The molecule has 26 rings (SSSR count). The number of hydrogen-bond donors (Lipinski definition) is 0. The Kier molecular flexibility index (Phi) is 23.9. The van der Waals surface area contributed by atoms with Gasteiger partial charge in [0.05, 0.1) is 67.3 Å². The molecule has 13 heteroatoms. The van der Waals surface area contributed by atoms with E-state index >= 15 is 0 Å². The van der Waals surface area contributed by atoms with Crippen LogP contribution < -0.4 is 4.90 Å². The monoisotopic (exact) mass is 1890 g/mol. The van der Waals surface area contributed by atoms with E-state index in [2.05, 4.69) is 498 Å². The summed E-state index contributed by atoms with van der Waals surface area (Å²) in [5, 5.41) is 7.56. The number of hydrogen-bond acceptors (Lipinski definition) is 7. The summed E-state index contributed by atoms with van der Waals surface area (Å²) in [5.41, 5.74) is 39.6. The first-order valence-corrected chi connectivity index (χ1v) is 49.9. The molecule has 26 aromatic rings. The van der Waals surface area contributed by atoms with Crippen molar-refractivity contribution in [3.8, 4) is 135 Å².